The van der Waals surface area contributed by atoms with Crippen LogP contribution in [0.5, 0.6) is 0 Å². The molecule has 17 heavy (non-hydrogen) atoms. The first-order chi connectivity index (χ1) is 8.08. The minimum absolute atomic E-state index is 0.143. The predicted molar refractivity (Wildman–Crippen MR) is 72.6 cm³/mol. The topological polar surface area (TPSA) is 70.4 Å². The summed E-state index contributed by atoms with van der Waals surface area (Å²) in [4.78, 5) is 9.87. The highest BCUT2D eigenvalue weighted by atomic mass is 35.5. The van der Waals surface area contributed by atoms with Crippen molar-refractivity contribution in [3.8, 4) is 0 Å². The SMILES string of the molecule is CN/C(=C\[N+](=O)[O-])NC(CCl)S1=CCCN1Cl. The average molecular weight is 301 g/mol. The number of nitrogens with zero attached hydrogens (tertiary/aromatic N) is 2. The molecular formula is C8H14Cl2N4O2S. The van der Waals surface area contributed by atoms with Crippen LogP contribution in [0.3, 0.4) is 0 Å². The quantitative estimate of drug-likeness (QED) is 0.254. The van der Waals surface area contributed by atoms with Crippen LogP contribution in [0.2, 0.25) is 0 Å². The van der Waals surface area contributed by atoms with Gasteiger partial charge in [-0.1, -0.05) is 10.7 Å². The molecule has 1 heterocycles. The van der Waals surface area contributed by atoms with E-state index < -0.39 is 4.92 Å². The summed E-state index contributed by atoms with van der Waals surface area (Å²) in [5, 5.41) is 18.0. The smallest absolute Gasteiger partial charge is 0.274 e. The van der Waals surface area contributed by atoms with Crippen LogP contribution in [-0.4, -0.2) is 39.0 Å². The van der Waals surface area contributed by atoms with E-state index in [0.717, 1.165) is 19.2 Å². The van der Waals surface area contributed by atoms with Crippen LogP contribution in [0.25, 0.3) is 0 Å². The highest BCUT2D eigenvalue weighted by Gasteiger charge is 2.22. The molecule has 2 atom stereocenters. The van der Waals surface area contributed by atoms with Crippen molar-refractivity contribution in [3.63, 3.8) is 0 Å². The molecule has 1 rings (SSSR count). The van der Waals surface area contributed by atoms with Crippen LogP contribution in [-0.2, 0) is 0 Å². The molecule has 0 saturated heterocycles. The van der Waals surface area contributed by atoms with Crippen molar-refractivity contribution in [1.82, 2.24) is 14.5 Å². The van der Waals surface area contributed by atoms with E-state index in [1.807, 2.05) is 0 Å². The Morgan fingerprint density at radius 2 is 2.53 bits per heavy atom. The first-order valence-electron chi connectivity index (χ1n) is 4.92. The maximum absolute atomic E-state index is 10.4. The monoisotopic (exact) mass is 300 g/mol. The molecule has 0 amide bonds. The van der Waals surface area contributed by atoms with Crippen molar-refractivity contribution in [1.29, 1.82) is 0 Å². The number of hydrogen-bond donors (Lipinski definition) is 2. The lowest BCUT2D eigenvalue weighted by molar-refractivity contribution is -0.404. The second-order valence-corrected chi connectivity index (χ2v) is 6.16. The number of halogens is 2. The molecule has 2 N–H and O–H groups in total. The van der Waals surface area contributed by atoms with Gasteiger partial charge in [0.05, 0.1) is 16.2 Å². The molecule has 0 bridgehead atoms. The summed E-state index contributed by atoms with van der Waals surface area (Å²) in [5.74, 6) is 0.637. The third-order valence-corrected chi connectivity index (χ3v) is 5.30. The van der Waals surface area contributed by atoms with Gasteiger partial charge in [-0.05, 0) is 23.6 Å². The Morgan fingerprint density at radius 3 is 2.94 bits per heavy atom. The van der Waals surface area contributed by atoms with E-state index in [-0.39, 0.29) is 16.0 Å². The van der Waals surface area contributed by atoms with Gasteiger partial charge in [0.1, 0.15) is 0 Å². The highest BCUT2D eigenvalue weighted by molar-refractivity contribution is 8.14. The number of hydrogen-bond acceptors (Lipinski definition) is 5. The van der Waals surface area contributed by atoms with Crippen LogP contribution in [0.15, 0.2) is 12.0 Å². The molecular weight excluding hydrogens is 287 g/mol. The molecule has 0 aromatic rings. The van der Waals surface area contributed by atoms with E-state index in [4.69, 9.17) is 23.4 Å². The van der Waals surface area contributed by atoms with Crippen molar-refractivity contribution >= 4 is 39.4 Å². The number of nitrogens with one attached hydrogen (secondary N) is 2. The number of alkyl halides is 1. The molecule has 9 heteroatoms. The lowest BCUT2D eigenvalue weighted by Crippen LogP contribution is -2.35. The predicted octanol–water partition coefficient (Wildman–Crippen LogP) is 1.28. The molecule has 6 nitrogen and oxygen atoms in total. The molecule has 1 aliphatic heterocycles. The van der Waals surface area contributed by atoms with Crippen molar-refractivity contribution in [2.24, 2.45) is 0 Å². The largest absolute Gasteiger partial charge is 0.370 e. The van der Waals surface area contributed by atoms with Gasteiger partial charge in [0.15, 0.2) is 5.82 Å². The number of rotatable bonds is 6. The van der Waals surface area contributed by atoms with Crippen molar-refractivity contribution in [2.75, 3.05) is 19.5 Å². The van der Waals surface area contributed by atoms with Gasteiger partial charge < -0.3 is 10.6 Å². The standard InChI is InChI=1S/C8H14Cl2N4O2S/c1-11-7(6-14(15)16)12-8(5-9)17-4-2-3-13(17)10/h4,6,8,11-12H,2-3,5H2,1H3/b7-6+. The van der Waals surface area contributed by atoms with Gasteiger partial charge >= 0.3 is 0 Å². The minimum Gasteiger partial charge on any atom is -0.370 e. The lowest BCUT2D eigenvalue weighted by atomic mass is 10.5. The summed E-state index contributed by atoms with van der Waals surface area (Å²) >= 11 is 11.9. The van der Waals surface area contributed by atoms with Gasteiger partial charge in [-0.25, -0.2) is 0 Å². The molecule has 1 aliphatic rings. The van der Waals surface area contributed by atoms with Gasteiger partial charge in [0.2, 0.25) is 0 Å². The van der Waals surface area contributed by atoms with Crippen LogP contribution >= 0.6 is 34.0 Å². The molecule has 98 valence electrons. The Balaban J connectivity index is 2.72. The Morgan fingerprint density at radius 1 is 1.82 bits per heavy atom. The van der Waals surface area contributed by atoms with E-state index in [0.29, 0.717) is 11.7 Å². The van der Waals surface area contributed by atoms with E-state index in [2.05, 4.69) is 16.0 Å². The van der Waals surface area contributed by atoms with Gasteiger partial charge in [0, 0.05) is 13.6 Å². The van der Waals surface area contributed by atoms with Crippen molar-refractivity contribution < 1.29 is 4.92 Å². The van der Waals surface area contributed by atoms with E-state index in [1.165, 1.54) is 0 Å². The fourth-order valence-electron chi connectivity index (χ4n) is 1.33. The maximum Gasteiger partial charge on any atom is 0.274 e. The van der Waals surface area contributed by atoms with Crippen LogP contribution in [0.1, 0.15) is 6.42 Å². The third-order valence-electron chi connectivity index (χ3n) is 2.07. The zero-order valence-corrected chi connectivity index (χ0v) is 11.6. The summed E-state index contributed by atoms with van der Waals surface area (Å²) in [6, 6.07) is 0. The Labute approximate surface area is 112 Å². The molecule has 0 radical (unpaired) electrons. The Kier molecular flexibility index (Phi) is 6.04. The summed E-state index contributed by atoms with van der Waals surface area (Å²) in [5.41, 5.74) is 0. The van der Waals surface area contributed by atoms with E-state index in [1.54, 1.807) is 10.9 Å². The Bertz CT molecular complexity index is 350. The highest BCUT2D eigenvalue weighted by Crippen LogP contribution is 2.32. The summed E-state index contributed by atoms with van der Waals surface area (Å²) in [6.07, 6.45) is 1.77. The van der Waals surface area contributed by atoms with Gasteiger partial charge in [-0.2, -0.15) is 3.82 Å². The minimum atomic E-state index is -0.524. The average Bonchev–Trinajstić information content (AvgIpc) is 2.70. The van der Waals surface area contributed by atoms with Crippen LogP contribution in [0, 0.1) is 10.1 Å². The molecule has 0 aliphatic carbocycles. The zero-order valence-electron chi connectivity index (χ0n) is 9.23. The van der Waals surface area contributed by atoms with Gasteiger partial charge in [-0.3, -0.25) is 10.1 Å². The van der Waals surface area contributed by atoms with Crippen molar-refractivity contribution in [3.05, 3.63) is 22.1 Å². The summed E-state index contributed by atoms with van der Waals surface area (Å²) in [7, 11) is 1.29. The normalized spacial score (nSPS) is 23.0. The van der Waals surface area contributed by atoms with E-state index in [9.17, 15) is 10.1 Å². The summed E-state index contributed by atoms with van der Waals surface area (Å²) in [6.45, 7) is 0.771. The lowest BCUT2D eigenvalue weighted by Gasteiger charge is -2.23. The molecule has 0 spiro atoms. The van der Waals surface area contributed by atoms with Crippen LogP contribution in [0.4, 0.5) is 0 Å². The second kappa shape index (κ2) is 7.05. The number of nitro groups is 1. The Hall–Kier alpha value is -0.500. The maximum atomic E-state index is 10.4. The second-order valence-electron chi connectivity index (χ2n) is 3.21. The summed E-state index contributed by atoms with van der Waals surface area (Å²) < 4.78 is 1.68. The molecule has 0 aromatic heterocycles. The van der Waals surface area contributed by atoms with Crippen LogP contribution < -0.4 is 10.6 Å². The fraction of sp³-hybridized carbons (Fsp3) is 0.625. The fourth-order valence-corrected chi connectivity index (χ4v) is 4.06. The van der Waals surface area contributed by atoms with Gasteiger partial charge in [-0.15, -0.1) is 11.6 Å². The zero-order chi connectivity index (χ0) is 12.8. The van der Waals surface area contributed by atoms with Crippen molar-refractivity contribution in [2.45, 2.75) is 11.8 Å². The first kappa shape index (κ1) is 14.6. The molecule has 0 saturated carbocycles. The third kappa shape index (κ3) is 4.34. The molecule has 0 fully saturated rings. The molecule has 2 unspecified atom stereocenters. The molecule has 0 aromatic carbocycles. The van der Waals surface area contributed by atoms with Gasteiger partial charge in [0.25, 0.3) is 6.20 Å². The first-order valence-corrected chi connectivity index (χ1v) is 7.10. The van der Waals surface area contributed by atoms with E-state index >= 15 is 0 Å².